The number of nitrogens with two attached hydrogens (primary N) is 1. The fraction of sp³-hybridized carbons (Fsp3) is 0.389. The summed E-state index contributed by atoms with van der Waals surface area (Å²) in [5.41, 5.74) is 8.36. The van der Waals surface area contributed by atoms with E-state index in [1.807, 2.05) is 26.8 Å². The Morgan fingerprint density at radius 2 is 2.19 bits per heavy atom. The molecule has 4 rings (SSSR count). The molecule has 1 aromatic carbocycles. The van der Waals surface area contributed by atoms with Crippen LogP contribution in [-0.2, 0) is 17.7 Å². The van der Waals surface area contributed by atoms with Crippen molar-refractivity contribution in [1.82, 2.24) is 9.97 Å². The highest BCUT2D eigenvalue weighted by Crippen LogP contribution is 2.32. The molecule has 142 valence electrons. The van der Waals surface area contributed by atoms with Gasteiger partial charge < -0.3 is 19.8 Å². The summed E-state index contributed by atoms with van der Waals surface area (Å²) in [4.78, 5) is 24.1. The summed E-state index contributed by atoms with van der Waals surface area (Å²) in [5.74, 6) is 0. The minimum absolute atomic E-state index is 0.498. The van der Waals surface area contributed by atoms with Crippen molar-refractivity contribution in [3.63, 3.8) is 0 Å². The molecule has 2 aromatic heterocycles. The molecule has 27 heavy (non-hydrogen) atoms. The monoisotopic (exact) mass is 387 g/mol. The molecule has 0 radical (unpaired) electrons. The van der Waals surface area contributed by atoms with Gasteiger partial charge in [-0.25, -0.2) is 9.78 Å². The Morgan fingerprint density at radius 1 is 1.37 bits per heavy atom. The van der Waals surface area contributed by atoms with Crippen molar-refractivity contribution in [3.8, 4) is 0 Å². The van der Waals surface area contributed by atoms with Crippen LogP contribution in [0.1, 0.15) is 31.3 Å². The number of hydrogen-bond donors (Lipinski definition) is 2. The highest BCUT2D eigenvalue weighted by Gasteiger charge is 2.25. The average molecular weight is 387 g/mol. The molecule has 1 aliphatic rings. The van der Waals surface area contributed by atoms with Crippen molar-refractivity contribution in [3.05, 3.63) is 28.8 Å². The van der Waals surface area contributed by atoms with Crippen LogP contribution < -0.4 is 16.0 Å². The average Bonchev–Trinajstić information content (AvgIpc) is 3.14. The molecule has 9 heteroatoms. The fourth-order valence-corrected chi connectivity index (χ4v) is 3.88. The quantitative estimate of drug-likeness (QED) is 0.645. The molecular formula is C18H21N5O3S. The standard InChI is InChI=1S/C18H21N5O3S/c1-18(2,3)26-17(24)22-15-20-11-6-7-23(9-14(11)27-15)16-21-12-8-10(19)4-5-13(12)25-16/h4-5,8H,6-7,9,19H2,1-3H3,(H,20,22,24). The Hall–Kier alpha value is -2.81. The van der Waals surface area contributed by atoms with E-state index in [1.54, 1.807) is 12.1 Å². The smallest absolute Gasteiger partial charge is 0.413 e. The first kappa shape index (κ1) is 17.6. The zero-order valence-corrected chi connectivity index (χ0v) is 16.2. The first-order valence-electron chi connectivity index (χ1n) is 8.66. The molecule has 0 fully saturated rings. The maximum atomic E-state index is 11.9. The minimum atomic E-state index is -0.548. The van der Waals surface area contributed by atoms with E-state index in [1.165, 1.54) is 11.3 Å². The number of thiazole rings is 1. The van der Waals surface area contributed by atoms with Crippen LogP contribution in [0.2, 0.25) is 0 Å². The van der Waals surface area contributed by atoms with E-state index in [4.69, 9.17) is 14.9 Å². The van der Waals surface area contributed by atoms with E-state index in [9.17, 15) is 4.79 Å². The van der Waals surface area contributed by atoms with Crippen LogP contribution in [0.25, 0.3) is 11.1 Å². The second-order valence-electron chi connectivity index (χ2n) is 7.41. The van der Waals surface area contributed by atoms with Gasteiger partial charge >= 0.3 is 6.09 Å². The number of ether oxygens (including phenoxy) is 1. The van der Waals surface area contributed by atoms with Crippen molar-refractivity contribution in [2.45, 2.75) is 39.3 Å². The third-order valence-corrected chi connectivity index (χ3v) is 5.01. The van der Waals surface area contributed by atoms with Gasteiger partial charge in [0.1, 0.15) is 11.1 Å². The van der Waals surface area contributed by atoms with Gasteiger partial charge in [0.2, 0.25) is 0 Å². The van der Waals surface area contributed by atoms with Crippen LogP contribution in [-0.4, -0.2) is 28.2 Å². The number of nitrogens with zero attached hydrogens (tertiary/aromatic N) is 3. The number of nitrogens with one attached hydrogen (secondary N) is 1. The highest BCUT2D eigenvalue weighted by atomic mass is 32.1. The molecule has 3 heterocycles. The van der Waals surface area contributed by atoms with Crippen LogP contribution in [0.4, 0.5) is 21.6 Å². The largest absolute Gasteiger partial charge is 0.444 e. The van der Waals surface area contributed by atoms with Crippen LogP contribution in [0.5, 0.6) is 0 Å². The Kier molecular flexibility index (Phi) is 4.18. The number of oxazole rings is 1. The van der Waals surface area contributed by atoms with Crippen LogP contribution in [0.3, 0.4) is 0 Å². The van der Waals surface area contributed by atoms with E-state index >= 15 is 0 Å². The second kappa shape index (κ2) is 6.41. The number of anilines is 3. The number of rotatable bonds is 2. The van der Waals surface area contributed by atoms with Gasteiger partial charge in [-0.15, -0.1) is 0 Å². The Morgan fingerprint density at radius 3 is 2.96 bits per heavy atom. The summed E-state index contributed by atoms with van der Waals surface area (Å²) in [6, 6.07) is 5.99. The molecule has 0 aliphatic carbocycles. The van der Waals surface area contributed by atoms with Gasteiger partial charge in [0, 0.05) is 23.5 Å². The van der Waals surface area contributed by atoms with Gasteiger partial charge in [-0.3, -0.25) is 5.32 Å². The summed E-state index contributed by atoms with van der Waals surface area (Å²) in [5, 5.41) is 3.26. The molecule has 3 N–H and O–H groups in total. The number of carbonyl (C=O) groups excluding carboxylic acids is 1. The molecule has 1 amide bonds. The topological polar surface area (TPSA) is 107 Å². The van der Waals surface area contributed by atoms with E-state index < -0.39 is 11.7 Å². The van der Waals surface area contributed by atoms with Gasteiger partial charge in [0.25, 0.3) is 6.01 Å². The molecule has 8 nitrogen and oxygen atoms in total. The number of benzene rings is 1. The van der Waals surface area contributed by atoms with Crippen molar-refractivity contribution in [1.29, 1.82) is 0 Å². The van der Waals surface area contributed by atoms with Crippen molar-refractivity contribution in [2.24, 2.45) is 0 Å². The third kappa shape index (κ3) is 3.82. The zero-order valence-electron chi connectivity index (χ0n) is 15.4. The molecule has 0 spiro atoms. The highest BCUT2D eigenvalue weighted by molar-refractivity contribution is 7.15. The lowest BCUT2D eigenvalue weighted by atomic mass is 10.2. The van der Waals surface area contributed by atoms with E-state index in [0.717, 1.165) is 29.1 Å². The molecule has 0 saturated carbocycles. The maximum Gasteiger partial charge on any atom is 0.413 e. The first-order chi connectivity index (χ1) is 12.8. The lowest BCUT2D eigenvalue weighted by Gasteiger charge is -2.23. The molecule has 3 aromatic rings. The number of aromatic nitrogens is 2. The number of fused-ring (bicyclic) bond motifs is 2. The molecular weight excluding hydrogens is 366 g/mol. The van der Waals surface area contributed by atoms with Gasteiger partial charge in [0.15, 0.2) is 10.7 Å². The van der Waals surface area contributed by atoms with Crippen LogP contribution in [0, 0.1) is 0 Å². The lowest BCUT2D eigenvalue weighted by Crippen LogP contribution is -2.29. The molecule has 0 unspecified atom stereocenters. The van der Waals surface area contributed by atoms with E-state index in [2.05, 4.69) is 20.2 Å². The molecule has 0 atom stereocenters. The third-order valence-electron chi connectivity index (χ3n) is 4.01. The Bertz CT molecular complexity index is 1000. The maximum absolute atomic E-state index is 11.9. The number of nitrogen functional groups attached to an aromatic ring is 1. The minimum Gasteiger partial charge on any atom is -0.444 e. The SMILES string of the molecule is CC(C)(C)OC(=O)Nc1nc2c(s1)CN(c1nc3cc(N)ccc3o1)CC2. The zero-order chi connectivity index (χ0) is 19.2. The summed E-state index contributed by atoms with van der Waals surface area (Å²) < 4.78 is 11.1. The predicted octanol–water partition coefficient (Wildman–Crippen LogP) is 3.78. The van der Waals surface area contributed by atoms with Crippen molar-refractivity contribution >= 4 is 45.4 Å². The Balaban J connectivity index is 1.49. The number of hydrogen-bond acceptors (Lipinski definition) is 8. The number of carbonyl (C=O) groups is 1. The van der Waals surface area contributed by atoms with Crippen LogP contribution >= 0.6 is 11.3 Å². The van der Waals surface area contributed by atoms with Crippen molar-refractivity contribution in [2.75, 3.05) is 22.5 Å². The lowest BCUT2D eigenvalue weighted by molar-refractivity contribution is 0.0636. The summed E-state index contributed by atoms with van der Waals surface area (Å²) >= 11 is 1.44. The number of amides is 1. The summed E-state index contributed by atoms with van der Waals surface area (Å²) in [7, 11) is 0. The Labute approximate surface area is 160 Å². The second-order valence-corrected chi connectivity index (χ2v) is 8.49. The van der Waals surface area contributed by atoms with Gasteiger partial charge in [0.05, 0.1) is 12.2 Å². The summed E-state index contributed by atoms with van der Waals surface area (Å²) in [6.07, 6.45) is 0.255. The predicted molar refractivity (Wildman–Crippen MR) is 105 cm³/mol. The van der Waals surface area contributed by atoms with Crippen LogP contribution in [0.15, 0.2) is 22.6 Å². The van der Waals surface area contributed by atoms with Gasteiger partial charge in [-0.1, -0.05) is 11.3 Å². The van der Waals surface area contributed by atoms with E-state index in [0.29, 0.717) is 29.0 Å². The first-order valence-corrected chi connectivity index (χ1v) is 9.48. The molecule has 1 aliphatic heterocycles. The molecule has 0 saturated heterocycles. The van der Waals surface area contributed by atoms with Gasteiger partial charge in [-0.05, 0) is 39.0 Å². The molecule has 0 bridgehead atoms. The normalized spacial score (nSPS) is 14.3. The van der Waals surface area contributed by atoms with Gasteiger partial charge in [-0.2, -0.15) is 4.98 Å². The van der Waals surface area contributed by atoms with Crippen molar-refractivity contribution < 1.29 is 13.9 Å². The van der Waals surface area contributed by atoms with E-state index in [-0.39, 0.29) is 0 Å². The summed E-state index contributed by atoms with van der Waals surface area (Å²) in [6.45, 7) is 6.85. The fourth-order valence-electron chi connectivity index (χ4n) is 2.87.